The van der Waals surface area contributed by atoms with Crippen molar-refractivity contribution in [2.24, 2.45) is 0 Å². The maximum Gasteiger partial charge on any atom is 0.124 e. The van der Waals surface area contributed by atoms with Gasteiger partial charge in [-0.2, -0.15) is 0 Å². The summed E-state index contributed by atoms with van der Waals surface area (Å²) in [6.45, 7) is 0. The van der Waals surface area contributed by atoms with Crippen LogP contribution in [0.15, 0.2) is 102 Å². The van der Waals surface area contributed by atoms with Crippen molar-refractivity contribution in [3.05, 3.63) is 119 Å². The van der Waals surface area contributed by atoms with E-state index in [0.29, 0.717) is 0 Å². The van der Waals surface area contributed by atoms with Gasteiger partial charge in [0.05, 0.1) is 5.76 Å². The molecule has 0 saturated carbocycles. The first kappa shape index (κ1) is 18.6. The van der Waals surface area contributed by atoms with Crippen LogP contribution in [0.3, 0.4) is 0 Å². The molecule has 142 valence electrons. The lowest BCUT2D eigenvalue weighted by molar-refractivity contribution is 0.159. The topological polar surface area (TPSA) is 9.23 Å². The SMILES string of the molecule is c1ccc(CCC(CCc2ccccc2)=C2CCC(c3ccccc3)O2)cc1. The van der Waals surface area contributed by atoms with Gasteiger partial charge in [-0.1, -0.05) is 91.0 Å². The Morgan fingerprint density at radius 1 is 0.679 bits per heavy atom. The number of rotatable bonds is 7. The van der Waals surface area contributed by atoms with E-state index in [4.69, 9.17) is 4.74 Å². The Labute approximate surface area is 168 Å². The molecule has 1 heterocycles. The Morgan fingerprint density at radius 3 is 1.71 bits per heavy atom. The third kappa shape index (κ3) is 4.92. The first-order valence-corrected chi connectivity index (χ1v) is 10.4. The first-order chi connectivity index (χ1) is 13.9. The number of hydrogen-bond donors (Lipinski definition) is 0. The molecule has 1 aliphatic heterocycles. The second-order valence-electron chi connectivity index (χ2n) is 7.55. The van der Waals surface area contributed by atoms with Crippen molar-refractivity contribution in [2.75, 3.05) is 0 Å². The summed E-state index contributed by atoms with van der Waals surface area (Å²) in [6.07, 6.45) is 6.65. The molecule has 1 atom stereocenters. The monoisotopic (exact) mass is 368 g/mol. The molecule has 1 fully saturated rings. The zero-order valence-corrected chi connectivity index (χ0v) is 16.4. The van der Waals surface area contributed by atoms with E-state index in [-0.39, 0.29) is 6.10 Å². The quantitative estimate of drug-likeness (QED) is 0.434. The van der Waals surface area contributed by atoms with Crippen molar-refractivity contribution in [3.63, 3.8) is 0 Å². The Bertz CT molecular complexity index is 836. The Morgan fingerprint density at radius 2 is 1.18 bits per heavy atom. The molecule has 1 aliphatic rings. The highest BCUT2D eigenvalue weighted by atomic mass is 16.5. The molecule has 3 aromatic carbocycles. The van der Waals surface area contributed by atoms with Crippen LogP contribution in [-0.2, 0) is 17.6 Å². The second-order valence-corrected chi connectivity index (χ2v) is 7.55. The maximum absolute atomic E-state index is 6.47. The third-order valence-corrected chi connectivity index (χ3v) is 5.60. The molecular formula is C27H28O. The van der Waals surface area contributed by atoms with Gasteiger partial charge in [0.25, 0.3) is 0 Å². The smallest absolute Gasteiger partial charge is 0.124 e. The third-order valence-electron chi connectivity index (χ3n) is 5.60. The summed E-state index contributed by atoms with van der Waals surface area (Å²) in [4.78, 5) is 0. The maximum atomic E-state index is 6.47. The van der Waals surface area contributed by atoms with Crippen LogP contribution < -0.4 is 0 Å². The van der Waals surface area contributed by atoms with Gasteiger partial charge in [0.15, 0.2) is 0 Å². The van der Waals surface area contributed by atoms with Crippen LogP contribution in [-0.4, -0.2) is 0 Å². The lowest BCUT2D eigenvalue weighted by Crippen LogP contribution is -1.99. The van der Waals surface area contributed by atoms with Gasteiger partial charge < -0.3 is 4.74 Å². The molecule has 28 heavy (non-hydrogen) atoms. The highest BCUT2D eigenvalue weighted by Crippen LogP contribution is 2.38. The van der Waals surface area contributed by atoms with Crippen LogP contribution in [0.2, 0.25) is 0 Å². The largest absolute Gasteiger partial charge is 0.490 e. The molecule has 1 heteroatoms. The van der Waals surface area contributed by atoms with Crippen molar-refractivity contribution in [3.8, 4) is 0 Å². The van der Waals surface area contributed by atoms with Gasteiger partial charge in [0.1, 0.15) is 6.10 Å². The molecule has 1 saturated heterocycles. The summed E-state index contributed by atoms with van der Waals surface area (Å²) in [6, 6.07) is 32.2. The van der Waals surface area contributed by atoms with E-state index >= 15 is 0 Å². The molecule has 0 aromatic heterocycles. The number of allylic oxidation sites excluding steroid dienone is 2. The lowest BCUT2D eigenvalue weighted by atomic mass is 9.96. The van der Waals surface area contributed by atoms with Crippen molar-refractivity contribution >= 4 is 0 Å². The molecule has 0 radical (unpaired) electrons. The standard InChI is InChI=1S/C27H28O/c1-4-10-22(11-5-1)16-18-25(19-17-23-12-6-2-7-13-23)27-21-20-26(28-27)24-14-8-3-9-15-24/h1-15,26H,16-21H2. The van der Waals surface area contributed by atoms with E-state index in [1.54, 1.807) is 0 Å². The van der Waals surface area contributed by atoms with Crippen LogP contribution in [0.4, 0.5) is 0 Å². The Hall–Kier alpha value is -2.80. The fourth-order valence-corrected chi connectivity index (χ4v) is 4.00. The molecule has 0 spiro atoms. The van der Waals surface area contributed by atoms with E-state index in [0.717, 1.165) is 38.5 Å². The van der Waals surface area contributed by atoms with E-state index in [1.165, 1.54) is 28.0 Å². The van der Waals surface area contributed by atoms with Crippen LogP contribution >= 0.6 is 0 Å². The van der Waals surface area contributed by atoms with E-state index < -0.39 is 0 Å². The van der Waals surface area contributed by atoms with E-state index in [2.05, 4.69) is 91.0 Å². The highest BCUT2D eigenvalue weighted by molar-refractivity contribution is 5.24. The summed E-state index contributed by atoms with van der Waals surface area (Å²) in [7, 11) is 0. The highest BCUT2D eigenvalue weighted by Gasteiger charge is 2.24. The fourth-order valence-electron chi connectivity index (χ4n) is 4.00. The van der Waals surface area contributed by atoms with Gasteiger partial charge in [-0.3, -0.25) is 0 Å². The van der Waals surface area contributed by atoms with Crippen molar-refractivity contribution in [1.29, 1.82) is 0 Å². The predicted octanol–water partition coefficient (Wildman–Crippen LogP) is 7.06. The predicted molar refractivity (Wildman–Crippen MR) is 116 cm³/mol. The molecule has 0 aliphatic carbocycles. The van der Waals surface area contributed by atoms with Crippen molar-refractivity contribution in [2.45, 2.75) is 44.6 Å². The van der Waals surface area contributed by atoms with Crippen molar-refractivity contribution in [1.82, 2.24) is 0 Å². The fraction of sp³-hybridized carbons (Fsp3) is 0.259. The number of ether oxygens (including phenoxy) is 1. The van der Waals surface area contributed by atoms with Gasteiger partial charge in [-0.05, 0) is 54.4 Å². The molecule has 0 N–H and O–H groups in total. The van der Waals surface area contributed by atoms with E-state index in [1.807, 2.05) is 0 Å². The minimum atomic E-state index is 0.208. The average molecular weight is 369 g/mol. The summed E-state index contributed by atoms with van der Waals surface area (Å²) in [5.74, 6) is 1.24. The zero-order chi connectivity index (χ0) is 19.0. The van der Waals surface area contributed by atoms with Crippen LogP contribution in [0.25, 0.3) is 0 Å². The normalized spacial score (nSPS) is 16.0. The second kappa shape index (κ2) is 9.41. The average Bonchev–Trinajstić information content (AvgIpc) is 3.26. The van der Waals surface area contributed by atoms with Gasteiger partial charge >= 0.3 is 0 Å². The van der Waals surface area contributed by atoms with Crippen LogP contribution in [0, 0.1) is 0 Å². The molecule has 3 aromatic rings. The zero-order valence-electron chi connectivity index (χ0n) is 16.4. The minimum Gasteiger partial charge on any atom is -0.490 e. The Balaban J connectivity index is 1.49. The van der Waals surface area contributed by atoms with Gasteiger partial charge in [-0.15, -0.1) is 0 Å². The molecule has 0 amide bonds. The number of aryl methyl sites for hydroxylation is 2. The van der Waals surface area contributed by atoms with Crippen LogP contribution in [0.1, 0.15) is 48.5 Å². The summed E-state index contributed by atoms with van der Waals surface area (Å²) in [5, 5.41) is 0. The molecule has 0 bridgehead atoms. The van der Waals surface area contributed by atoms with Gasteiger partial charge in [0, 0.05) is 6.42 Å². The van der Waals surface area contributed by atoms with Gasteiger partial charge in [-0.25, -0.2) is 0 Å². The summed E-state index contributed by atoms with van der Waals surface area (Å²) >= 11 is 0. The number of hydrogen-bond acceptors (Lipinski definition) is 1. The summed E-state index contributed by atoms with van der Waals surface area (Å²) in [5.41, 5.74) is 5.59. The molecule has 1 unspecified atom stereocenters. The molecule has 1 nitrogen and oxygen atoms in total. The van der Waals surface area contributed by atoms with Crippen LogP contribution in [0.5, 0.6) is 0 Å². The number of benzene rings is 3. The van der Waals surface area contributed by atoms with E-state index in [9.17, 15) is 0 Å². The lowest BCUT2D eigenvalue weighted by Gasteiger charge is -2.15. The molecule has 4 rings (SSSR count). The van der Waals surface area contributed by atoms with Gasteiger partial charge in [0.2, 0.25) is 0 Å². The molecular weight excluding hydrogens is 340 g/mol. The first-order valence-electron chi connectivity index (χ1n) is 10.4. The van der Waals surface area contributed by atoms with Crippen molar-refractivity contribution < 1.29 is 4.74 Å². The Kier molecular flexibility index (Phi) is 6.24. The summed E-state index contributed by atoms with van der Waals surface area (Å²) < 4.78 is 6.47. The minimum absolute atomic E-state index is 0.208.